The molecule has 1 heterocycles. The monoisotopic (exact) mass is 306 g/mol. The lowest BCUT2D eigenvalue weighted by atomic mass is 9.99. The molecule has 1 saturated heterocycles. The fourth-order valence-corrected chi connectivity index (χ4v) is 1.90. The summed E-state index contributed by atoms with van der Waals surface area (Å²) in [6.07, 6.45) is -6.93. The van der Waals surface area contributed by atoms with Gasteiger partial charge >= 0.3 is 17.9 Å². The fraction of sp³-hybridized carbons (Fsp3) is 0.750. The van der Waals surface area contributed by atoms with Gasteiger partial charge in [0.1, 0.15) is 18.8 Å². The van der Waals surface area contributed by atoms with Crippen molar-refractivity contribution in [1.82, 2.24) is 0 Å². The van der Waals surface area contributed by atoms with Crippen LogP contribution in [0.25, 0.3) is 0 Å². The predicted molar refractivity (Wildman–Crippen MR) is 64.6 cm³/mol. The Morgan fingerprint density at radius 2 is 1.48 bits per heavy atom. The van der Waals surface area contributed by atoms with Crippen molar-refractivity contribution in [3.63, 3.8) is 0 Å². The van der Waals surface area contributed by atoms with E-state index in [9.17, 15) is 24.6 Å². The number of carbonyl (C=O) groups excluding carboxylic acids is 3. The van der Waals surface area contributed by atoms with Gasteiger partial charge < -0.3 is 29.2 Å². The van der Waals surface area contributed by atoms with Crippen LogP contribution < -0.4 is 0 Å². The summed E-state index contributed by atoms with van der Waals surface area (Å²) < 4.78 is 19.5. The summed E-state index contributed by atoms with van der Waals surface area (Å²) in [5.41, 5.74) is 0. The lowest BCUT2D eigenvalue weighted by Gasteiger charge is -2.41. The molecule has 0 amide bonds. The Kier molecular flexibility index (Phi) is 6.06. The Balaban J connectivity index is 2.86. The highest BCUT2D eigenvalue weighted by atomic mass is 16.7. The molecular formula is C12H18O9. The van der Waals surface area contributed by atoms with Gasteiger partial charge in [0, 0.05) is 20.8 Å². The summed E-state index contributed by atoms with van der Waals surface area (Å²) >= 11 is 0. The van der Waals surface area contributed by atoms with Crippen LogP contribution >= 0.6 is 0 Å². The molecule has 0 aliphatic carbocycles. The van der Waals surface area contributed by atoms with Crippen molar-refractivity contribution >= 4 is 17.9 Å². The second-order valence-corrected chi connectivity index (χ2v) is 4.51. The largest absolute Gasteiger partial charge is 0.463 e. The summed E-state index contributed by atoms with van der Waals surface area (Å²) in [5, 5.41) is 19.8. The van der Waals surface area contributed by atoms with Crippen molar-refractivity contribution in [3.8, 4) is 0 Å². The van der Waals surface area contributed by atoms with E-state index in [2.05, 4.69) is 0 Å². The first-order chi connectivity index (χ1) is 9.72. The van der Waals surface area contributed by atoms with Gasteiger partial charge in [-0.05, 0) is 0 Å². The van der Waals surface area contributed by atoms with Crippen LogP contribution in [0, 0.1) is 0 Å². The molecule has 0 aromatic heterocycles. The van der Waals surface area contributed by atoms with Crippen LogP contribution in [0.15, 0.2) is 0 Å². The van der Waals surface area contributed by atoms with Crippen molar-refractivity contribution in [2.75, 3.05) is 6.61 Å². The first kappa shape index (κ1) is 17.3. The lowest BCUT2D eigenvalue weighted by Crippen LogP contribution is -2.61. The zero-order chi connectivity index (χ0) is 16.2. The smallest absolute Gasteiger partial charge is 0.303 e. The Morgan fingerprint density at radius 1 is 0.952 bits per heavy atom. The van der Waals surface area contributed by atoms with E-state index in [0.29, 0.717) is 0 Å². The number of esters is 3. The molecule has 1 aliphatic heterocycles. The molecule has 0 spiro atoms. The molecule has 0 radical (unpaired) electrons. The van der Waals surface area contributed by atoms with Crippen molar-refractivity contribution in [3.05, 3.63) is 0 Å². The maximum atomic E-state index is 11.1. The zero-order valence-electron chi connectivity index (χ0n) is 11.8. The number of carbonyl (C=O) groups is 3. The highest BCUT2D eigenvalue weighted by Gasteiger charge is 2.48. The van der Waals surface area contributed by atoms with Gasteiger partial charge in [0.05, 0.1) is 0 Å². The Labute approximate surface area is 120 Å². The van der Waals surface area contributed by atoms with Gasteiger partial charge in [0.25, 0.3) is 0 Å². The topological polar surface area (TPSA) is 129 Å². The second kappa shape index (κ2) is 7.34. The van der Waals surface area contributed by atoms with E-state index in [4.69, 9.17) is 18.9 Å². The maximum absolute atomic E-state index is 11.1. The standard InChI is InChI=1S/C12H18O9/c1-5(13)18-4-8-10(19-6(2)14)9(16)11(12(17)21-8)20-7(3)15/h8-12,16-17H,4H2,1-3H3/t8-,9+,10+,11+,12+/m1/s1. The van der Waals surface area contributed by atoms with Crippen LogP contribution in [0.5, 0.6) is 0 Å². The highest BCUT2D eigenvalue weighted by Crippen LogP contribution is 2.25. The molecule has 9 heteroatoms. The maximum Gasteiger partial charge on any atom is 0.303 e. The summed E-state index contributed by atoms with van der Waals surface area (Å²) in [7, 11) is 0. The van der Waals surface area contributed by atoms with Crippen molar-refractivity contribution < 1.29 is 43.5 Å². The number of hydrogen-bond acceptors (Lipinski definition) is 9. The third-order valence-corrected chi connectivity index (χ3v) is 2.69. The number of hydrogen-bond donors (Lipinski definition) is 2. The van der Waals surface area contributed by atoms with Gasteiger partial charge in [0.15, 0.2) is 18.5 Å². The molecule has 21 heavy (non-hydrogen) atoms. The average molecular weight is 306 g/mol. The first-order valence-electron chi connectivity index (χ1n) is 6.21. The van der Waals surface area contributed by atoms with E-state index in [0.717, 1.165) is 20.8 Å². The average Bonchev–Trinajstić information content (AvgIpc) is 2.35. The molecule has 120 valence electrons. The van der Waals surface area contributed by atoms with E-state index in [-0.39, 0.29) is 6.61 Å². The molecule has 0 bridgehead atoms. The summed E-state index contributed by atoms with van der Waals surface area (Å²) in [5.74, 6) is -2.07. The summed E-state index contributed by atoms with van der Waals surface area (Å²) in [6.45, 7) is 3.03. The molecule has 0 saturated carbocycles. The molecule has 9 nitrogen and oxygen atoms in total. The Hall–Kier alpha value is -1.71. The molecule has 1 aliphatic rings. The minimum absolute atomic E-state index is 0.339. The molecule has 0 aromatic rings. The molecule has 5 atom stereocenters. The van der Waals surface area contributed by atoms with Crippen molar-refractivity contribution in [2.24, 2.45) is 0 Å². The van der Waals surface area contributed by atoms with E-state index in [1.807, 2.05) is 0 Å². The van der Waals surface area contributed by atoms with Crippen molar-refractivity contribution in [1.29, 1.82) is 0 Å². The van der Waals surface area contributed by atoms with Gasteiger partial charge in [-0.2, -0.15) is 0 Å². The van der Waals surface area contributed by atoms with Crippen LogP contribution in [-0.4, -0.2) is 65.4 Å². The van der Waals surface area contributed by atoms with E-state index in [1.165, 1.54) is 0 Å². The predicted octanol–water partition coefficient (Wildman–Crippen LogP) is -1.51. The van der Waals surface area contributed by atoms with Crippen LogP contribution in [0.3, 0.4) is 0 Å². The summed E-state index contributed by atoms with van der Waals surface area (Å²) in [6, 6.07) is 0. The third-order valence-electron chi connectivity index (χ3n) is 2.69. The number of rotatable bonds is 4. The van der Waals surface area contributed by atoms with Gasteiger partial charge in [-0.3, -0.25) is 14.4 Å². The molecule has 2 N–H and O–H groups in total. The highest BCUT2D eigenvalue weighted by molar-refractivity contribution is 5.67. The minimum Gasteiger partial charge on any atom is -0.463 e. The van der Waals surface area contributed by atoms with Gasteiger partial charge in [-0.1, -0.05) is 0 Å². The van der Waals surface area contributed by atoms with E-state index < -0.39 is 48.6 Å². The molecule has 0 unspecified atom stereocenters. The SMILES string of the molecule is CC(=O)OC[C@H]1O[C@H](O)[C@@H](OC(C)=O)[C@@H](O)[C@H]1OC(C)=O. The second-order valence-electron chi connectivity index (χ2n) is 4.51. The summed E-state index contributed by atoms with van der Waals surface area (Å²) in [4.78, 5) is 32.8. The van der Waals surface area contributed by atoms with Crippen molar-refractivity contribution in [2.45, 2.75) is 51.5 Å². The van der Waals surface area contributed by atoms with E-state index in [1.54, 1.807) is 0 Å². The van der Waals surface area contributed by atoms with Gasteiger partial charge in [-0.15, -0.1) is 0 Å². The molecule has 1 fully saturated rings. The van der Waals surface area contributed by atoms with Crippen LogP contribution in [0.4, 0.5) is 0 Å². The quantitative estimate of drug-likeness (QED) is 0.470. The van der Waals surface area contributed by atoms with Crippen LogP contribution in [0.2, 0.25) is 0 Å². The van der Waals surface area contributed by atoms with Crippen LogP contribution in [-0.2, 0) is 33.3 Å². The molecular weight excluding hydrogens is 288 g/mol. The normalized spacial score (nSPS) is 32.1. The fourth-order valence-electron chi connectivity index (χ4n) is 1.90. The Bertz CT molecular complexity index is 406. The minimum atomic E-state index is -1.64. The number of aliphatic hydroxyl groups is 2. The number of ether oxygens (including phenoxy) is 4. The third kappa shape index (κ3) is 4.96. The Morgan fingerprint density at radius 3 is 1.95 bits per heavy atom. The lowest BCUT2D eigenvalue weighted by molar-refractivity contribution is -0.293. The zero-order valence-corrected chi connectivity index (χ0v) is 11.8. The van der Waals surface area contributed by atoms with E-state index >= 15 is 0 Å². The van der Waals surface area contributed by atoms with Gasteiger partial charge in [-0.25, -0.2) is 0 Å². The first-order valence-corrected chi connectivity index (χ1v) is 6.21. The molecule has 1 rings (SSSR count). The van der Waals surface area contributed by atoms with Gasteiger partial charge in [0.2, 0.25) is 0 Å². The molecule has 0 aromatic carbocycles. The van der Waals surface area contributed by atoms with Crippen LogP contribution in [0.1, 0.15) is 20.8 Å². The number of aliphatic hydroxyl groups excluding tert-OH is 2.